The summed E-state index contributed by atoms with van der Waals surface area (Å²) >= 11 is 1.58. The van der Waals surface area contributed by atoms with Gasteiger partial charge in [-0.25, -0.2) is 0 Å². The molecule has 0 spiro atoms. The van der Waals surface area contributed by atoms with Crippen LogP contribution in [0.25, 0.3) is 0 Å². The van der Waals surface area contributed by atoms with E-state index in [1.165, 1.54) is 4.90 Å². The second-order valence-corrected chi connectivity index (χ2v) is 4.02. The van der Waals surface area contributed by atoms with Crippen LogP contribution in [0.15, 0.2) is 59.5 Å². The van der Waals surface area contributed by atoms with Crippen molar-refractivity contribution in [3.63, 3.8) is 0 Å². The highest BCUT2D eigenvalue weighted by Gasteiger charge is 1.94. The van der Waals surface area contributed by atoms with E-state index in [4.69, 9.17) is 5.73 Å². The summed E-state index contributed by atoms with van der Waals surface area (Å²) in [6.45, 7) is 0. The lowest BCUT2D eigenvalue weighted by Crippen LogP contribution is -1.89. The fourth-order valence-corrected chi connectivity index (χ4v) is 1.86. The van der Waals surface area contributed by atoms with Crippen molar-refractivity contribution in [2.24, 2.45) is 0 Å². The molecule has 0 amide bonds. The number of anilines is 2. The average Bonchev–Trinajstić information content (AvgIpc) is 2.28. The number of nitrogens with one attached hydrogen (secondary N) is 1. The van der Waals surface area contributed by atoms with Crippen LogP contribution in [0.2, 0.25) is 0 Å². The monoisotopic (exact) mass is 216 g/mol. The first-order valence-corrected chi connectivity index (χ1v) is 5.50. The van der Waals surface area contributed by atoms with Crippen LogP contribution in [0.4, 0.5) is 11.4 Å². The Hall–Kier alpha value is -1.61. The molecule has 2 aromatic carbocycles. The fraction of sp³-hybridized carbons (Fsp3) is 0. The van der Waals surface area contributed by atoms with Crippen LogP contribution < -0.4 is 10.5 Å². The number of nitrogens with two attached hydrogens (primary N) is 1. The normalized spacial score (nSPS) is 9.87. The molecule has 3 N–H and O–H groups in total. The van der Waals surface area contributed by atoms with Crippen LogP contribution in [0.5, 0.6) is 0 Å². The standard InChI is InChI=1S/C12H12N2S/c13-10-5-4-6-11(9-10)14-15-12-7-2-1-3-8-12/h1-9,14H,13H2. The molecule has 3 heteroatoms. The predicted molar refractivity (Wildman–Crippen MR) is 66.8 cm³/mol. The zero-order chi connectivity index (χ0) is 10.5. The molecule has 0 aliphatic heterocycles. The molecule has 0 heterocycles. The Kier molecular flexibility index (Phi) is 3.15. The molecule has 0 aliphatic rings. The summed E-state index contributed by atoms with van der Waals surface area (Å²) in [6, 6.07) is 17.9. The third kappa shape index (κ3) is 2.92. The molecule has 0 atom stereocenters. The Morgan fingerprint density at radius 2 is 1.73 bits per heavy atom. The maximum atomic E-state index is 5.68. The van der Waals surface area contributed by atoms with E-state index >= 15 is 0 Å². The Morgan fingerprint density at radius 1 is 0.933 bits per heavy atom. The van der Waals surface area contributed by atoms with Gasteiger partial charge in [-0.3, -0.25) is 0 Å². The summed E-state index contributed by atoms with van der Waals surface area (Å²) in [5.74, 6) is 0. The molecule has 0 aliphatic carbocycles. The molecule has 0 fully saturated rings. The van der Waals surface area contributed by atoms with Gasteiger partial charge in [0.05, 0.1) is 0 Å². The molecule has 0 radical (unpaired) electrons. The minimum absolute atomic E-state index is 0.772. The number of hydrogen-bond acceptors (Lipinski definition) is 3. The molecule has 2 aromatic rings. The van der Waals surface area contributed by atoms with E-state index in [1.807, 2.05) is 42.5 Å². The highest BCUT2D eigenvalue weighted by atomic mass is 32.2. The van der Waals surface area contributed by atoms with Crippen molar-refractivity contribution in [3.05, 3.63) is 54.6 Å². The van der Waals surface area contributed by atoms with E-state index in [2.05, 4.69) is 16.9 Å². The number of nitrogen functional groups attached to an aromatic ring is 1. The lowest BCUT2D eigenvalue weighted by Gasteiger charge is -2.05. The van der Waals surface area contributed by atoms with Gasteiger partial charge in [0.25, 0.3) is 0 Å². The second kappa shape index (κ2) is 4.75. The summed E-state index contributed by atoms with van der Waals surface area (Å²) in [5, 5.41) is 0. The maximum Gasteiger partial charge on any atom is 0.0463 e. The summed E-state index contributed by atoms with van der Waals surface area (Å²) in [6.07, 6.45) is 0. The Balaban J connectivity index is 1.99. The number of hydrogen-bond donors (Lipinski definition) is 2. The fourth-order valence-electron chi connectivity index (χ4n) is 1.21. The third-order valence-corrected chi connectivity index (χ3v) is 2.76. The van der Waals surface area contributed by atoms with Gasteiger partial charge in [0.15, 0.2) is 0 Å². The van der Waals surface area contributed by atoms with Gasteiger partial charge in [-0.05, 0) is 42.3 Å². The van der Waals surface area contributed by atoms with Gasteiger partial charge in [0.2, 0.25) is 0 Å². The first-order chi connectivity index (χ1) is 7.34. The van der Waals surface area contributed by atoms with Gasteiger partial charge >= 0.3 is 0 Å². The number of rotatable bonds is 3. The smallest absolute Gasteiger partial charge is 0.0463 e. The van der Waals surface area contributed by atoms with Crippen molar-refractivity contribution in [2.45, 2.75) is 4.90 Å². The Bertz CT molecular complexity index is 429. The molecule has 15 heavy (non-hydrogen) atoms. The molecule has 2 rings (SSSR count). The minimum atomic E-state index is 0.772. The third-order valence-electron chi connectivity index (χ3n) is 1.92. The van der Waals surface area contributed by atoms with Crippen molar-refractivity contribution in [3.8, 4) is 0 Å². The second-order valence-electron chi connectivity index (χ2n) is 3.14. The predicted octanol–water partition coefficient (Wildman–Crippen LogP) is 3.39. The van der Waals surface area contributed by atoms with Crippen molar-refractivity contribution in [2.75, 3.05) is 10.5 Å². The molecule has 0 aromatic heterocycles. The van der Waals surface area contributed by atoms with E-state index in [9.17, 15) is 0 Å². The quantitative estimate of drug-likeness (QED) is 0.610. The zero-order valence-electron chi connectivity index (χ0n) is 8.18. The van der Waals surface area contributed by atoms with Crippen LogP contribution in [0.1, 0.15) is 0 Å². The van der Waals surface area contributed by atoms with Crippen LogP contribution in [0.3, 0.4) is 0 Å². The van der Waals surface area contributed by atoms with E-state index < -0.39 is 0 Å². The van der Waals surface area contributed by atoms with Crippen LogP contribution in [-0.2, 0) is 0 Å². The topological polar surface area (TPSA) is 38.0 Å². The van der Waals surface area contributed by atoms with Gasteiger partial charge in [0, 0.05) is 16.3 Å². The molecular formula is C12H12N2S. The van der Waals surface area contributed by atoms with Crippen molar-refractivity contribution in [1.29, 1.82) is 0 Å². The largest absolute Gasteiger partial charge is 0.399 e. The summed E-state index contributed by atoms with van der Waals surface area (Å²) in [7, 11) is 0. The molecular weight excluding hydrogens is 204 g/mol. The summed E-state index contributed by atoms with van der Waals surface area (Å²) in [4.78, 5) is 1.18. The van der Waals surface area contributed by atoms with Gasteiger partial charge < -0.3 is 10.5 Å². The van der Waals surface area contributed by atoms with Gasteiger partial charge in [-0.1, -0.05) is 24.3 Å². The van der Waals surface area contributed by atoms with Gasteiger partial charge in [-0.15, -0.1) is 0 Å². The summed E-state index contributed by atoms with van der Waals surface area (Å²) in [5.41, 5.74) is 7.47. The van der Waals surface area contributed by atoms with Crippen LogP contribution in [0, 0.1) is 0 Å². The van der Waals surface area contributed by atoms with E-state index in [-0.39, 0.29) is 0 Å². The molecule has 0 saturated carbocycles. The SMILES string of the molecule is Nc1cccc(NSc2ccccc2)c1. The van der Waals surface area contributed by atoms with E-state index in [1.54, 1.807) is 11.9 Å². The minimum Gasteiger partial charge on any atom is -0.399 e. The average molecular weight is 216 g/mol. The highest BCUT2D eigenvalue weighted by Crippen LogP contribution is 2.21. The number of benzene rings is 2. The van der Waals surface area contributed by atoms with Crippen LogP contribution >= 0.6 is 11.9 Å². The van der Waals surface area contributed by atoms with Crippen molar-refractivity contribution < 1.29 is 0 Å². The molecule has 0 bridgehead atoms. The lowest BCUT2D eigenvalue weighted by molar-refractivity contribution is 1.47. The molecule has 76 valence electrons. The van der Waals surface area contributed by atoms with E-state index in [0.717, 1.165) is 11.4 Å². The molecule has 0 saturated heterocycles. The van der Waals surface area contributed by atoms with Gasteiger partial charge in [-0.2, -0.15) is 0 Å². The maximum absolute atomic E-state index is 5.68. The molecule has 0 unspecified atom stereocenters. The Labute approximate surface area is 93.6 Å². The molecule has 2 nitrogen and oxygen atoms in total. The van der Waals surface area contributed by atoms with E-state index in [0.29, 0.717) is 0 Å². The summed E-state index contributed by atoms with van der Waals surface area (Å²) < 4.78 is 3.24. The lowest BCUT2D eigenvalue weighted by atomic mass is 10.3. The van der Waals surface area contributed by atoms with Crippen molar-refractivity contribution in [1.82, 2.24) is 0 Å². The zero-order valence-corrected chi connectivity index (χ0v) is 9.00. The van der Waals surface area contributed by atoms with Crippen molar-refractivity contribution >= 4 is 23.3 Å². The van der Waals surface area contributed by atoms with Crippen LogP contribution in [-0.4, -0.2) is 0 Å². The highest BCUT2D eigenvalue weighted by molar-refractivity contribution is 8.00. The first kappa shape index (κ1) is 9.93. The first-order valence-electron chi connectivity index (χ1n) is 4.68. The Morgan fingerprint density at radius 3 is 2.47 bits per heavy atom. The van der Waals surface area contributed by atoms with Gasteiger partial charge in [0.1, 0.15) is 0 Å².